The highest BCUT2D eigenvalue weighted by Gasteiger charge is 2.21. The van der Waals surface area contributed by atoms with E-state index in [2.05, 4.69) is 15.9 Å². The van der Waals surface area contributed by atoms with Crippen molar-refractivity contribution in [1.29, 1.82) is 0 Å². The van der Waals surface area contributed by atoms with Gasteiger partial charge >= 0.3 is 5.97 Å². The van der Waals surface area contributed by atoms with Crippen LogP contribution in [0.1, 0.15) is 36.0 Å². The van der Waals surface area contributed by atoms with Gasteiger partial charge in [0.15, 0.2) is 0 Å². The summed E-state index contributed by atoms with van der Waals surface area (Å²) >= 11 is 3.30. The van der Waals surface area contributed by atoms with Crippen LogP contribution in [-0.4, -0.2) is 21.0 Å². The molecular weight excluding hydrogens is 316 g/mol. The van der Waals surface area contributed by atoms with Gasteiger partial charge in [0.2, 0.25) is 0 Å². The molecule has 98 valence electrons. The molecule has 1 aliphatic rings. The molecule has 1 N–H and O–H groups in total. The zero-order valence-electron chi connectivity index (χ0n) is 9.89. The first-order valence-electron chi connectivity index (χ1n) is 5.99. The molecule has 0 radical (unpaired) electrons. The smallest absolute Gasteiger partial charge is 0.336 e. The Labute approximate surface area is 117 Å². The summed E-state index contributed by atoms with van der Waals surface area (Å²) in [6.45, 7) is 0. The second kappa shape index (κ2) is 5.97. The largest absolute Gasteiger partial charge is 0.478 e. The van der Waals surface area contributed by atoms with Crippen molar-refractivity contribution >= 4 is 32.7 Å². The quantitative estimate of drug-likeness (QED) is 0.919. The molecule has 2 rings (SSSR count). The molecule has 0 saturated heterocycles. The highest BCUT2D eigenvalue weighted by Crippen LogP contribution is 2.28. The van der Waals surface area contributed by atoms with E-state index >= 15 is 0 Å². The number of hydrogen-bond donors (Lipinski definition) is 1. The van der Waals surface area contributed by atoms with Crippen LogP contribution in [0.2, 0.25) is 0 Å². The Morgan fingerprint density at radius 2 is 2.06 bits per heavy atom. The van der Waals surface area contributed by atoms with Crippen molar-refractivity contribution in [2.75, 3.05) is 5.75 Å². The monoisotopic (exact) mass is 330 g/mol. The second-order valence-electron chi connectivity index (χ2n) is 4.61. The predicted molar refractivity (Wildman–Crippen MR) is 74.3 cm³/mol. The zero-order chi connectivity index (χ0) is 13.1. The highest BCUT2D eigenvalue weighted by molar-refractivity contribution is 9.10. The topological polar surface area (TPSA) is 54.4 Å². The van der Waals surface area contributed by atoms with Gasteiger partial charge in [0.1, 0.15) is 0 Å². The third kappa shape index (κ3) is 3.20. The van der Waals surface area contributed by atoms with Crippen LogP contribution in [0, 0.1) is 5.92 Å². The Kier molecular flexibility index (Phi) is 4.56. The van der Waals surface area contributed by atoms with Crippen LogP contribution >= 0.6 is 15.9 Å². The van der Waals surface area contributed by atoms with E-state index in [9.17, 15) is 9.00 Å². The molecule has 5 heteroatoms. The summed E-state index contributed by atoms with van der Waals surface area (Å²) in [4.78, 5) is 11.6. The van der Waals surface area contributed by atoms with Gasteiger partial charge in [-0.3, -0.25) is 4.21 Å². The first kappa shape index (κ1) is 13.7. The van der Waals surface area contributed by atoms with Gasteiger partial charge < -0.3 is 5.11 Å². The maximum atomic E-state index is 12.3. The van der Waals surface area contributed by atoms with Crippen molar-refractivity contribution in [1.82, 2.24) is 0 Å². The van der Waals surface area contributed by atoms with E-state index in [0.29, 0.717) is 16.6 Å². The molecule has 1 fully saturated rings. The average molecular weight is 331 g/mol. The van der Waals surface area contributed by atoms with E-state index in [1.165, 1.54) is 18.9 Å². The number of halogens is 1. The molecule has 1 unspecified atom stereocenters. The first-order chi connectivity index (χ1) is 8.58. The third-order valence-electron chi connectivity index (χ3n) is 3.28. The van der Waals surface area contributed by atoms with Gasteiger partial charge in [-0.1, -0.05) is 28.8 Å². The Morgan fingerprint density at radius 1 is 1.39 bits per heavy atom. The highest BCUT2D eigenvalue weighted by atomic mass is 79.9. The summed E-state index contributed by atoms with van der Waals surface area (Å²) in [5.41, 5.74) is 0.148. The summed E-state index contributed by atoms with van der Waals surface area (Å²) in [6, 6.07) is 4.84. The number of carboxylic acids is 1. The van der Waals surface area contributed by atoms with E-state index < -0.39 is 16.8 Å². The van der Waals surface area contributed by atoms with Crippen molar-refractivity contribution in [2.24, 2.45) is 5.92 Å². The zero-order valence-corrected chi connectivity index (χ0v) is 12.3. The van der Waals surface area contributed by atoms with Crippen LogP contribution in [0.4, 0.5) is 0 Å². The second-order valence-corrected chi connectivity index (χ2v) is 6.99. The molecule has 1 saturated carbocycles. The first-order valence-corrected chi connectivity index (χ1v) is 8.10. The minimum atomic E-state index is -1.23. The normalized spacial score (nSPS) is 17.8. The fraction of sp³-hybridized carbons (Fsp3) is 0.462. The van der Waals surface area contributed by atoms with E-state index in [4.69, 9.17) is 5.11 Å². The lowest BCUT2D eigenvalue weighted by molar-refractivity contribution is 0.0693. The Bertz CT molecular complexity index is 481. The summed E-state index contributed by atoms with van der Waals surface area (Å²) in [5.74, 6) is 0.0419. The number of rotatable bonds is 4. The summed E-state index contributed by atoms with van der Waals surface area (Å²) in [5, 5.41) is 9.12. The summed E-state index contributed by atoms with van der Waals surface area (Å²) < 4.78 is 13.1. The molecule has 1 aromatic carbocycles. The van der Waals surface area contributed by atoms with Crippen molar-refractivity contribution in [2.45, 2.75) is 30.6 Å². The molecule has 0 amide bonds. The minimum absolute atomic E-state index is 0.148. The summed E-state index contributed by atoms with van der Waals surface area (Å²) in [7, 11) is -1.23. The fourth-order valence-electron chi connectivity index (χ4n) is 2.34. The molecule has 1 aliphatic carbocycles. The van der Waals surface area contributed by atoms with E-state index in [1.54, 1.807) is 12.1 Å². The lowest BCUT2D eigenvalue weighted by Crippen LogP contribution is -2.11. The van der Waals surface area contributed by atoms with E-state index in [-0.39, 0.29) is 5.56 Å². The van der Waals surface area contributed by atoms with Gasteiger partial charge in [-0.25, -0.2) is 4.79 Å². The minimum Gasteiger partial charge on any atom is -0.478 e. The molecule has 0 bridgehead atoms. The van der Waals surface area contributed by atoms with Crippen LogP contribution in [0.25, 0.3) is 0 Å². The Hall–Kier alpha value is -0.680. The SMILES string of the molecule is O=C(O)c1ccc(Br)cc1S(=O)CC1CCCC1. The van der Waals surface area contributed by atoms with Gasteiger partial charge in [0.05, 0.1) is 21.3 Å². The number of benzene rings is 1. The maximum Gasteiger partial charge on any atom is 0.336 e. The maximum absolute atomic E-state index is 12.3. The van der Waals surface area contributed by atoms with E-state index in [0.717, 1.165) is 17.3 Å². The van der Waals surface area contributed by atoms with Gasteiger partial charge in [-0.05, 0) is 37.0 Å². The molecule has 0 aliphatic heterocycles. The van der Waals surface area contributed by atoms with Crippen LogP contribution < -0.4 is 0 Å². The Morgan fingerprint density at radius 3 is 2.67 bits per heavy atom. The number of carboxylic acid groups (broad SMARTS) is 1. The molecule has 1 aromatic rings. The molecule has 3 nitrogen and oxygen atoms in total. The number of hydrogen-bond acceptors (Lipinski definition) is 2. The third-order valence-corrected chi connectivity index (χ3v) is 5.38. The molecule has 0 aromatic heterocycles. The van der Waals surface area contributed by atoms with Crippen LogP contribution in [-0.2, 0) is 10.8 Å². The molecule has 0 heterocycles. The van der Waals surface area contributed by atoms with Gasteiger partial charge in [0.25, 0.3) is 0 Å². The van der Waals surface area contributed by atoms with Crippen LogP contribution in [0.5, 0.6) is 0 Å². The standard InChI is InChI=1S/C13H15BrO3S/c14-10-5-6-11(13(15)16)12(7-10)18(17)8-9-3-1-2-4-9/h5-7,9H,1-4,8H2,(H,15,16). The van der Waals surface area contributed by atoms with Gasteiger partial charge in [0, 0.05) is 10.2 Å². The molecule has 0 spiro atoms. The van der Waals surface area contributed by atoms with E-state index in [1.807, 2.05) is 0 Å². The molecular formula is C13H15BrO3S. The lowest BCUT2D eigenvalue weighted by atomic mass is 10.1. The van der Waals surface area contributed by atoms with Crippen molar-refractivity contribution in [3.63, 3.8) is 0 Å². The van der Waals surface area contributed by atoms with Crippen molar-refractivity contribution < 1.29 is 14.1 Å². The predicted octanol–water partition coefficient (Wildman–Crippen LogP) is 3.45. The number of aromatic carboxylic acids is 1. The van der Waals surface area contributed by atoms with Gasteiger partial charge in [-0.2, -0.15) is 0 Å². The van der Waals surface area contributed by atoms with Crippen LogP contribution in [0.15, 0.2) is 27.6 Å². The average Bonchev–Trinajstić information content (AvgIpc) is 2.81. The van der Waals surface area contributed by atoms with Gasteiger partial charge in [-0.15, -0.1) is 0 Å². The fourth-order valence-corrected chi connectivity index (χ4v) is 4.45. The van der Waals surface area contributed by atoms with Crippen LogP contribution in [0.3, 0.4) is 0 Å². The Balaban J connectivity index is 2.22. The molecule has 1 atom stereocenters. The van der Waals surface area contributed by atoms with Crippen molar-refractivity contribution in [3.8, 4) is 0 Å². The molecule has 18 heavy (non-hydrogen) atoms. The summed E-state index contributed by atoms with van der Waals surface area (Å²) in [6.07, 6.45) is 4.63. The van der Waals surface area contributed by atoms with Crippen molar-refractivity contribution in [3.05, 3.63) is 28.2 Å². The lowest BCUT2D eigenvalue weighted by Gasteiger charge is -2.11. The number of carbonyl (C=O) groups is 1.